The van der Waals surface area contributed by atoms with Crippen molar-refractivity contribution in [3.8, 4) is 5.75 Å². The van der Waals surface area contributed by atoms with Gasteiger partial charge in [0.25, 0.3) is 0 Å². The molecular formula is C23H25BrN2O2. The number of carbonyl (C=O) groups is 1. The molecule has 1 amide bonds. The number of methoxy groups -OCH3 is 1. The van der Waals surface area contributed by atoms with E-state index in [1.807, 2.05) is 17.0 Å². The lowest BCUT2D eigenvalue weighted by molar-refractivity contribution is -0.133. The monoisotopic (exact) mass is 440 g/mol. The van der Waals surface area contributed by atoms with Crippen molar-refractivity contribution >= 4 is 32.7 Å². The minimum absolute atomic E-state index is 0.0924. The van der Waals surface area contributed by atoms with Crippen LogP contribution in [0.1, 0.15) is 49.0 Å². The number of nitrogens with zero attached hydrogens (tertiary/aromatic N) is 1. The molecule has 0 radical (unpaired) electrons. The molecule has 146 valence electrons. The summed E-state index contributed by atoms with van der Waals surface area (Å²) in [4.78, 5) is 18.7. The number of amides is 1. The summed E-state index contributed by atoms with van der Waals surface area (Å²) in [6.45, 7) is 2.86. The summed E-state index contributed by atoms with van der Waals surface area (Å²) in [6, 6.07) is 14.3. The van der Waals surface area contributed by atoms with Gasteiger partial charge in [0.1, 0.15) is 5.75 Å². The standard InChI is InChI=1S/C23H25BrN2O2/c1-3-4-5-21(27)26-13-12-18-19-14-16(24)8-11-20(19)25-22(18)23(26)15-6-9-17(28-2)10-7-15/h6-11,14,23,25H,3-5,12-13H2,1-2H3. The Bertz CT molecular complexity index is 994. The van der Waals surface area contributed by atoms with Crippen LogP contribution in [0.4, 0.5) is 0 Å². The Hall–Kier alpha value is -2.27. The fraction of sp³-hybridized carbons (Fsp3) is 0.348. The molecule has 0 saturated heterocycles. The minimum atomic E-state index is -0.0924. The smallest absolute Gasteiger partial charge is 0.223 e. The predicted octanol–water partition coefficient (Wildman–Crippen LogP) is 5.60. The van der Waals surface area contributed by atoms with Crippen LogP contribution in [-0.4, -0.2) is 29.4 Å². The molecular weight excluding hydrogens is 416 g/mol. The average molecular weight is 441 g/mol. The van der Waals surface area contributed by atoms with E-state index in [1.165, 1.54) is 10.9 Å². The fourth-order valence-electron chi connectivity index (χ4n) is 4.13. The number of ether oxygens (including phenoxy) is 1. The van der Waals surface area contributed by atoms with Crippen molar-refractivity contribution in [3.05, 3.63) is 63.8 Å². The van der Waals surface area contributed by atoms with Crippen LogP contribution in [0.25, 0.3) is 10.9 Å². The Kier molecular flexibility index (Phi) is 5.44. The number of aromatic nitrogens is 1. The molecule has 4 rings (SSSR count). The number of hydrogen-bond acceptors (Lipinski definition) is 2. The van der Waals surface area contributed by atoms with E-state index in [0.29, 0.717) is 6.42 Å². The highest BCUT2D eigenvalue weighted by Gasteiger charge is 2.34. The Morgan fingerprint density at radius 2 is 2.04 bits per heavy atom. The zero-order valence-electron chi connectivity index (χ0n) is 16.3. The zero-order valence-corrected chi connectivity index (χ0v) is 17.9. The van der Waals surface area contributed by atoms with Crippen molar-refractivity contribution in [2.24, 2.45) is 0 Å². The second-order valence-corrected chi connectivity index (χ2v) is 8.24. The van der Waals surface area contributed by atoms with Crippen LogP contribution in [0.15, 0.2) is 46.9 Å². The van der Waals surface area contributed by atoms with E-state index in [4.69, 9.17) is 4.74 Å². The lowest BCUT2D eigenvalue weighted by Gasteiger charge is -2.36. The predicted molar refractivity (Wildman–Crippen MR) is 116 cm³/mol. The number of unbranched alkanes of at least 4 members (excludes halogenated alkanes) is 1. The summed E-state index contributed by atoms with van der Waals surface area (Å²) < 4.78 is 6.39. The van der Waals surface area contributed by atoms with Crippen LogP contribution in [0, 0.1) is 0 Å². The molecule has 2 aromatic carbocycles. The first-order valence-electron chi connectivity index (χ1n) is 9.85. The largest absolute Gasteiger partial charge is 0.497 e. The molecule has 4 nitrogen and oxygen atoms in total. The SMILES string of the molecule is CCCCC(=O)N1CCc2c([nH]c3ccc(Br)cc23)C1c1ccc(OC)cc1. The number of H-pyrrole nitrogens is 1. The van der Waals surface area contributed by atoms with Crippen molar-refractivity contribution in [2.45, 2.75) is 38.6 Å². The van der Waals surface area contributed by atoms with Crippen molar-refractivity contribution in [2.75, 3.05) is 13.7 Å². The average Bonchev–Trinajstić information content (AvgIpc) is 3.09. The second kappa shape index (κ2) is 8.00. The molecule has 0 bridgehead atoms. The summed E-state index contributed by atoms with van der Waals surface area (Å²) in [6.07, 6.45) is 3.43. The van der Waals surface area contributed by atoms with Crippen LogP contribution in [0.2, 0.25) is 0 Å². The number of halogens is 1. The molecule has 1 aliphatic heterocycles. The molecule has 0 fully saturated rings. The van der Waals surface area contributed by atoms with Crippen LogP contribution in [0.5, 0.6) is 5.75 Å². The van der Waals surface area contributed by atoms with Gasteiger partial charge in [0.05, 0.1) is 13.2 Å². The summed E-state index contributed by atoms with van der Waals surface area (Å²) in [5.74, 6) is 1.05. The van der Waals surface area contributed by atoms with Gasteiger partial charge in [-0.05, 0) is 54.3 Å². The van der Waals surface area contributed by atoms with Gasteiger partial charge in [-0.1, -0.05) is 41.4 Å². The second-order valence-electron chi connectivity index (χ2n) is 7.32. The Balaban J connectivity index is 1.82. The number of rotatable bonds is 5. The summed E-state index contributed by atoms with van der Waals surface area (Å²) in [7, 11) is 1.67. The Morgan fingerprint density at radius 1 is 1.25 bits per heavy atom. The molecule has 5 heteroatoms. The van der Waals surface area contributed by atoms with Gasteiger partial charge >= 0.3 is 0 Å². The highest BCUT2D eigenvalue weighted by atomic mass is 79.9. The number of fused-ring (bicyclic) bond motifs is 3. The van der Waals surface area contributed by atoms with E-state index >= 15 is 0 Å². The van der Waals surface area contributed by atoms with Crippen LogP contribution < -0.4 is 4.74 Å². The molecule has 1 N–H and O–H groups in total. The Labute approximate surface area is 174 Å². The van der Waals surface area contributed by atoms with Gasteiger partial charge < -0.3 is 14.6 Å². The lowest BCUT2D eigenvalue weighted by atomic mass is 9.92. The molecule has 1 atom stereocenters. The Morgan fingerprint density at radius 3 is 2.75 bits per heavy atom. The van der Waals surface area contributed by atoms with E-state index in [0.717, 1.165) is 52.8 Å². The first kappa shape index (κ1) is 19.1. The molecule has 1 aromatic heterocycles. The van der Waals surface area contributed by atoms with E-state index in [2.05, 4.69) is 58.2 Å². The number of benzene rings is 2. The highest BCUT2D eigenvalue weighted by molar-refractivity contribution is 9.10. The maximum Gasteiger partial charge on any atom is 0.223 e. The third-order valence-electron chi connectivity index (χ3n) is 5.59. The molecule has 0 spiro atoms. The van der Waals surface area contributed by atoms with E-state index in [9.17, 15) is 4.79 Å². The maximum atomic E-state index is 13.0. The normalized spacial score (nSPS) is 16.2. The highest BCUT2D eigenvalue weighted by Crippen LogP contribution is 2.39. The molecule has 28 heavy (non-hydrogen) atoms. The van der Waals surface area contributed by atoms with Gasteiger partial charge in [0.2, 0.25) is 5.91 Å². The topological polar surface area (TPSA) is 45.3 Å². The summed E-state index contributed by atoms with van der Waals surface area (Å²) >= 11 is 3.59. The van der Waals surface area contributed by atoms with E-state index in [-0.39, 0.29) is 11.9 Å². The van der Waals surface area contributed by atoms with Crippen molar-refractivity contribution in [1.29, 1.82) is 0 Å². The maximum absolute atomic E-state index is 13.0. The van der Waals surface area contributed by atoms with E-state index in [1.54, 1.807) is 7.11 Å². The third kappa shape index (κ3) is 3.44. The number of hydrogen-bond donors (Lipinski definition) is 1. The molecule has 0 saturated carbocycles. The number of carbonyl (C=O) groups excluding carboxylic acids is 1. The van der Waals surface area contributed by atoms with Gasteiger partial charge in [-0.3, -0.25) is 4.79 Å². The molecule has 1 aliphatic rings. The lowest BCUT2D eigenvalue weighted by Crippen LogP contribution is -2.40. The minimum Gasteiger partial charge on any atom is -0.497 e. The number of nitrogens with one attached hydrogen (secondary N) is 1. The van der Waals surface area contributed by atoms with Gasteiger partial charge in [-0.25, -0.2) is 0 Å². The zero-order chi connectivity index (χ0) is 19.7. The van der Waals surface area contributed by atoms with Gasteiger partial charge in [-0.15, -0.1) is 0 Å². The van der Waals surface area contributed by atoms with Crippen molar-refractivity contribution in [1.82, 2.24) is 9.88 Å². The summed E-state index contributed by atoms with van der Waals surface area (Å²) in [5, 5.41) is 1.24. The quantitative estimate of drug-likeness (QED) is 0.560. The first-order valence-corrected chi connectivity index (χ1v) is 10.6. The molecule has 1 unspecified atom stereocenters. The van der Waals surface area contributed by atoms with Crippen LogP contribution in [-0.2, 0) is 11.2 Å². The van der Waals surface area contributed by atoms with Gasteiger partial charge in [0, 0.05) is 34.0 Å². The van der Waals surface area contributed by atoms with E-state index < -0.39 is 0 Å². The fourth-order valence-corrected chi connectivity index (χ4v) is 4.49. The van der Waals surface area contributed by atoms with Crippen molar-refractivity contribution < 1.29 is 9.53 Å². The van der Waals surface area contributed by atoms with Crippen LogP contribution >= 0.6 is 15.9 Å². The first-order chi connectivity index (χ1) is 13.6. The number of aromatic amines is 1. The molecule has 0 aliphatic carbocycles. The summed E-state index contributed by atoms with van der Waals surface area (Å²) in [5.41, 5.74) is 4.68. The van der Waals surface area contributed by atoms with Crippen molar-refractivity contribution in [3.63, 3.8) is 0 Å². The third-order valence-corrected chi connectivity index (χ3v) is 6.08. The molecule has 3 aromatic rings. The van der Waals surface area contributed by atoms with Crippen LogP contribution in [0.3, 0.4) is 0 Å². The van der Waals surface area contributed by atoms with Gasteiger partial charge in [-0.2, -0.15) is 0 Å². The molecule has 2 heterocycles. The van der Waals surface area contributed by atoms with Gasteiger partial charge in [0.15, 0.2) is 0 Å².